The Bertz CT molecular complexity index is 1270. The molecule has 8 nitrogen and oxygen atoms in total. The predicted molar refractivity (Wildman–Crippen MR) is 114 cm³/mol. The van der Waals surface area contributed by atoms with Crippen LogP contribution in [0.5, 0.6) is 11.6 Å². The van der Waals surface area contributed by atoms with Gasteiger partial charge in [-0.15, -0.1) is 0 Å². The lowest BCUT2D eigenvalue weighted by molar-refractivity contribution is -0.116. The zero-order valence-corrected chi connectivity index (χ0v) is 17.0. The van der Waals surface area contributed by atoms with Crippen LogP contribution >= 0.6 is 0 Å². The first-order valence-corrected chi connectivity index (χ1v) is 9.57. The van der Waals surface area contributed by atoms with Gasteiger partial charge in [0.25, 0.3) is 5.88 Å². The van der Waals surface area contributed by atoms with Crippen LogP contribution in [0.4, 0.5) is 5.69 Å². The predicted octanol–water partition coefficient (Wildman–Crippen LogP) is 4.04. The van der Waals surface area contributed by atoms with Crippen molar-refractivity contribution >= 4 is 22.6 Å². The second kappa shape index (κ2) is 8.74. The number of aryl methyl sites for hydroxylation is 1. The number of methoxy groups -OCH3 is 2. The molecule has 4 aromatic rings. The molecule has 31 heavy (non-hydrogen) atoms. The molecule has 4 rings (SSSR count). The van der Waals surface area contributed by atoms with Crippen molar-refractivity contribution in [2.24, 2.45) is 0 Å². The lowest BCUT2D eigenvalue weighted by Crippen LogP contribution is -2.12. The van der Waals surface area contributed by atoms with Crippen LogP contribution in [0, 0.1) is 0 Å². The molecule has 0 atom stereocenters. The molecular formula is C23H20N2O6. The van der Waals surface area contributed by atoms with Crippen molar-refractivity contribution in [1.82, 2.24) is 5.16 Å². The van der Waals surface area contributed by atoms with Crippen molar-refractivity contribution in [1.29, 1.82) is 0 Å². The van der Waals surface area contributed by atoms with Crippen LogP contribution in [0.15, 0.2) is 68.3 Å². The molecule has 2 aromatic heterocycles. The summed E-state index contributed by atoms with van der Waals surface area (Å²) in [4.78, 5) is 24.9. The Labute approximate surface area is 177 Å². The van der Waals surface area contributed by atoms with Crippen LogP contribution in [0.1, 0.15) is 12.2 Å². The van der Waals surface area contributed by atoms with Crippen LogP contribution in [-0.2, 0) is 11.2 Å². The monoisotopic (exact) mass is 420 g/mol. The van der Waals surface area contributed by atoms with Gasteiger partial charge in [0, 0.05) is 36.2 Å². The lowest BCUT2D eigenvalue weighted by atomic mass is 10.1. The number of aromatic nitrogens is 1. The topological polar surface area (TPSA) is 104 Å². The van der Waals surface area contributed by atoms with E-state index in [9.17, 15) is 9.59 Å². The number of hydrogen-bond donors (Lipinski definition) is 1. The molecule has 0 aliphatic heterocycles. The van der Waals surface area contributed by atoms with Crippen molar-refractivity contribution in [3.05, 3.63) is 70.6 Å². The minimum absolute atomic E-state index is 0.196. The number of carbonyl (C=O) groups is 1. The summed E-state index contributed by atoms with van der Waals surface area (Å²) in [5, 5.41) is 6.87. The molecule has 0 fully saturated rings. The lowest BCUT2D eigenvalue weighted by Gasteiger charge is -2.07. The van der Waals surface area contributed by atoms with Crippen LogP contribution < -0.4 is 20.2 Å². The molecule has 0 unspecified atom stereocenters. The number of nitrogens with one attached hydrogen (secondary N) is 1. The molecule has 0 saturated heterocycles. The number of rotatable bonds is 7. The van der Waals surface area contributed by atoms with Gasteiger partial charge in [-0.25, -0.2) is 0 Å². The number of ether oxygens (including phenoxy) is 2. The van der Waals surface area contributed by atoms with E-state index in [2.05, 4.69) is 10.5 Å². The molecule has 0 bridgehead atoms. The molecule has 2 aromatic carbocycles. The van der Waals surface area contributed by atoms with E-state index in [0.29, 0.717) is 40.5 Å². The van der Waals surface area contributed by atoms with Gasteiger partial charge in [-0.2, -0.15) is 0 Å². The largest absolute Gasteiger partial charge is 0.497 e. The summed E-state index contributed by atoms with van der Waals surface area (Å²) in [6, 6.07) is 15.3. The standard InChI is InChI=1S/C23H20N2O6/c1-28-16-6-3-14(4-7-16)21-13-19(26)18-11-15(5-9-20(18)30-21)24-22(27)10-8-17-12-23(29-2)25-31-17/h3-7,9,11-13H,8,10H2,1-2H3,(H,24,27). The van der Waals surface area contributed by atoms with E-state index in [1.54, 1.807) is 43.5 Å². The third kappa shape index (κ3) is 4.58. The molecule has 8 heteroatoms. The van der Waals surface area contributed by atoms with Gasteiger partial charge in [-0.3, -0.25) is 9.59 Å². The van der Waals surface area contributed by atoms with Gasteiger partial charge in [0.2, 0.25) is 5.91 Å². The Morgan fingerprint density at radius 1 is 1.03 bits per heavy atom. The van der Waals surface area contributed by atoms with Gasteiger partial charge in [0.15, 0.2) is 5.43 Å². The quantitative estimate of drug-likeness (QED) is 0.481. The molecule has 1 amide bonds. The first kappa shape index (κ1) is 20.2. The van der Waals surface area contributed by atoms with E-state index < -0.39 is 0 Å². The molecule has 0 spiro atoms. The van der Waals surface area contributed by atoms with Crippen molar-refractivity contribution < 1.29 is 23.2 Å². The second-order valence-corrected chi connectivity index (χ2v) is 6.80. The number of carbonyl (C=O) groups excluding carboxylic acids is 1. The average molecular weight is 420 g/mol. The van der Waals surface area contributed by atoms with Crippen molar-refractivity contribution in [2.75, 3.05) is 19.5 Å². The van der Waals surface area contributed by atoms with Crippen LogP contribution in [0.3, 0.4) is 0 Å². The van der Waals surface area contributed by atoms with Crippen LogP contribution in [0.25, 0.3) is 22.3 Å². The maximum atomic E-state index is 12.6. The number of anilines is 1. The normalized spacial score (nSPS) is 10.8. The summed E-state index contributed by atoms with van der Waals surface area (Å²) < 4.78 is 21.1. The zero-order chi connectivity index (χ0) is 21.8. The minimum Gasteiger partial charge on any atom is -0.497 e. The van der Waals surface area contributed by atoms with E-state index in [1.165, 1.54) is 13.2 Å². The van der Waals surface area contributed by atoms with E-state index >= 15 is 0 Å². The molecular weight excluding hydrogens is 400 g/mol. The average Bonchev–Trinajstić information content (AvgIpc) is 3.26. The van der Waals surface area contributed by atoms with E-state index in [1.807, 2.05) is 12.1 Å². The number of amides is 1. The highest BCUT2D eigenvalue weighted by Crippen LogP contribution is 2.25. The highest BCUT2D eigenvalue weighted by Gasteiger charge is 2.11. The Hall–Kier alpha value is -4.07. The number of hydrogen-bond acceptors (Lipinski definition) is 7. The summed E-state index contributed by atoms with van der Waals surface area (Å²) in [6.45, 7) is 0. The molecule has 0 aliphatic rings. The first-order valence-electron chi connectivity index (χ1n) is 9.57. The summed E-state index contributed by atoms with van der Waals surface area (Å²) >= 11 is 0. The van der Waals surface area contributed by atoms with Gasteiger partial charge >= 0.3 is 0 Å². The smallest absolute Gasteiger partial charge is 0.254 e. The summed E-state index contributed by atoms with van der Waals surface area (Å²) in [7, 11) is 3.08. The molecule has 1 N–H and O–H groups in total. The minimum atomic E-state index is -0.214. The van der Waals surface area contributed by atoms with Crippen molar-refractivity contribution in [3.63, 3.8) is 0 Å². The number of fused-ring (bicyclic) bond motifs is 1. The fraction of sp³-hybridized carbons (Fsp3) is 0.174. The number of nitrogens with zero attached hydrogens (tertiary/aromatic N) is 1. The summed E-state index contributed by atoms with van der Waals surface area (Å²) in [5.41, 5.74) is 1.51. The van der Waals surface area contributed by atoms with Crippen molar-refractivity contribution in [3.8, 4) is 23.0 Å². The Morgan fingerprint density at radius 2 is 1.84 bits per heavy atom. The third-order valence-corrected chi connectivity index (χ3v) is 4.73. The van der Waals surface area contributed by atoms with Crippen LogP contribution in [0.2, 0.25) is 0 Å². The molecule has 0 saturated carbocycles. The summed E-state index contributed by atoms with van der Waals surface area (Å²) in [6.07, 6.45) is 0.574. The molecule has 2 heterocycles. The summed E-state index contributed by atoms with van der Waals surface area (Å²) in [5.74, 6) is 1.88. The van der Waals surface area contributed by atoms with Crippen LogP contribution in [-0.4, -0.2) is 25.3 Å². The van der Waals surface area contributed by atoms with E-state index in [0.717, 1.165) is 11.3 Å². The van der Waals surface area contributed by atoms with E-state index in [-0.39, 0.29) is 17.8 Å². The highest BCUT2D eigenvalue weighted by molar-refractivity contribution is 5.93. The van der Waals surface area contributed by atoms with Crippen molar-refractivity contribution in [2.45, 2.75) is 12.8 Å². The molecule has 0 radical (unpaired) electrons. The van der Waals surface area contributed by atoms with Gasteiger partial charge in [-0.05, 0) is 47.6 Å². The van der Waals surface area contributed by atoms with Gasteiger partial charge in [0.1, 0.15) is 22.9 Å². The number of benzene rings is 2. The van der Waals surface area contributed by atoms with Gasteiger partial charge < -0.3 is 23.7 Å². The Balaban J connectivity index is 1.49. The second-order valence-electron chi connectivity index (χ2n) is 6.80. The maximum Gasteiger partial charge on any atom is 0.254 e. The van der Waals surface area contributed by atoms with E-state index in [4.69, 9.17) is 18.4 Å². The highest BCUT2D eigenvalue weighted by atomic mass is 16.5. The Morgan fingerprint density at radius 3 is 2.55 bits per heavy atom. The molecule has 158 valence electrons. The SMILES string of the molecule is COc1ccc(-c2cc(=O)c3cc(NC(=O)CCc4cc(OC)no4)ccc3o2)cc1. The Kier molecular flexibility index (Phi) is 5.70. The fourth-order valence-electron chi connectivity index (χ4n) is 3.10. The maximum absolute atomic E-state index is 12.6. The van der Waals surface area contributed by atoms with Gasteiger partial charge in [0.05, 0.1) is 19.6 Å². The molecule has 0 aliphatic carbocycles. The third-order valence-electron chi connectivity index (χ3n) is 4.73. The fourth-order valence-corrected chi connectivity index (χ4v) is 3.10. The zero-order valence-electron chi connectivity index (χ0n) is 17.0. The van der Waals surface area contributed by atoms with Gasteiger partial charge in [-0.1, -0.05) is 0 Å². The first-order chi connectivity index (χ1) is 15.1.